The smallest absolute Gasteiger partial charge is 0.341 e. The van der Waals surface area contributed by atoms with Crippen LogP contribution in [0.2, 0.25) is 0 Å². The summed E-state index contributed by atoms with van der Waals surface area (Å²) < 4.78 is 11.2. The van der Waals surface area contributed by atoms with Crippen molar-refractivity contribution in [2.45, 2.75) is 19.4 Å². The van der Waals surface area contributed by atoms with Crippen LogP contribution in [0.15, 0.2) is 85.2 Å². The molecule has 160 valence electrons. The van der Waals surface area contributed by atoms with E-state index >= 15 is 0 Å². The predicted molar refractivity (Wildman–Crippen MR) is 121 cm³/mol. The van der Waals surface area contributed by atoms with Crippen molar-refractivity contribution < 1.29 is 19.1 Å². The maximum absolute atomic E-state index is 12.7. The van der Waals surface area contributed by atoms with Crippen LogP contribution in [0.1, 0.15) is 23.7 Å². The Labute approximate surface area is 185 Å². The molecule has 0 spiro atoms. The number of fused-ring (bicyclic) bond motifs is 1. The van der Waals surface area contributed by atoms with Gasteiger partial charge in [-0.2, -0.15) is 0 Å². The standard InChI is InChI=1S/C25H21N3O4/c1-2-22(32-25(30)20-9-6-10-21-23(20)27-16-15-26-21)24(29)28-17-11-13-19(14-12-17)31-18-7-4-3-5-8-18/h3-16,22H,2H2,1H3,(H,28,29). The first kappa shape index (κ1) is 21.0. The van der Waals surface area contributed by atoms with Crippen molar-refractivity contribution >= 4 is 28.6 Å². The third kappa shape index (κ3) is 4.89. The molecule has 0 saturated heterocycles. The summed E-state index contributed by atoms with van der Waals surface area (Å²) in [6, 6.07) is 21.4. The van der Waals surface area contributed by atoms with Crippen molar-refractivity contribution in [3.8, 4) is 11.5 Å². The van der Waals surface area contributed by atoms with Gasteiger partial charge in [0.15, 0.2) is 6.10 Å². The highest BCUT2D eigenvalue weighted by atomic mass is 16.5. The highest BCUT2D eigenvalue weighted by Gasteiger charge is 2.23. The number of carbonyl (C=O) groups is 2. The summed E-state index contributed by atoms with van der Waals surface area (Å²) in [6.45, 7) is 1.78. The maximum Gasteiger partial charge on any atom is 0.341 e. The minimum Gasteiger partial charge on any atom is -0.457 e. The molecular weight excluding hydrogens is 406 g/mol. The highest BCUT2D eigenvalue weighted by Crippen LogP contribution is 2.23. The molecule has 0 aliphatic heterocycles. The summed E-state index contributed by atoms with van der Waals surface area (Å²) in [6.07, 6.45) is 2.43. The van der Waals surface area contributed by atoms with E-state index < -0.39 is 18.0 Å². The fourth-order valence-corrected chi connectivity index (χ4v) is 3.13. The Kier molecular flexibility index (Phi) is 6.36. The second-order valence-corrected chi connectivity index (χ2v) is 6.96. The molecule has 0 aliphatic carbocycles. The average Bonchev–Trinajstić information content (AvgIpc) is 2.84. The molecule has 1 unspecified atom stereocenters. The van der Waals surface area contributed by atoms with Crippen LogP contribution in [-0.4, -0.2) is 27.9 Å². The first-order valence-corrected chi connectivity index (χ1v) is 10.2. The van der Waals surface area contributed by atoms with Crippen molar-refractivity contribution in [2.75, 3.05) is 5.32 Å². The lowest BCUT2D eigenvalue weighted by Gasteiger charge is -2.16. The van der Waals surface area contributed by atoms with Crippen LogP contribution in [0.3, 0.4) is 0 Å². The molecule has 3 aromatic carbocycles. The topological polar surface area (TPSA) is 90.4 Å². The van der Waals surface area contributed by atoms with Crippen LogP contribution < -0.4 is 10.1 Å². The largest absolute Gasteiger partial charge is 0.457 e. The van der Waals surface area contributed by atoms with Crippen molar-refractivity contribution in [3.63, 3.8) is 0 Å². The Bertz CT molecular complexity index is 1220. The van der Waals surface area contributed by atoms with E-state index in [9.17, 15) is 9.59 Å². The maximum atomic E-state index is 12.7. The number of nitrogens with zero attached hydrogens (tertiary/aromatic N) is 2. The molecule has 1 aromatic heterocycles. The van der Waals surface area contributed by atoms with Gasteiger partial charge in [0, 0.05) is 18.1 Å². The Hall–Kier alpha value is -4.26. The molecule has 7 nitrogen and oxygen atoms in total. The lowest BCUT2D eigenvalue weighted by atomic mass is 10.1. The van der Waals surface area contributed by atoms with E-state index in [4.69, 9.17) is 9.47 Å². The predicted octanol–water partition coefficient (Wildman–Crippen LogP) is 5.00. The highest BCUT2D eigenvalue weighted by molar-refractivity contribution is 6.03. The molecule has 4 aromatic rings. The van der Waals surface area contributed by atoms with Crippen LogP contribution in [0.4, 0.5) is 5.69 Å². The molecule has 1 atom stereocenters. The van der Waals surface area contributed by atoms with Crippen molar-refractivity contribution in [2.24, 2.45) is 0 Å². The fourth-order valence-electron chi connectivity index (χ4n) is 3.13. The molecule has 1 heterocycles. The van der Waals surface area contributed by atoms with Gasteiger partial charge in [0.2, 0.25) is 0 Å². The number of aromatic nitrogens is 2. The third-order valence-corrected chi connectivity index (χ3v) is 4.73. The Morgan fingerprint density at radius 2 is 1.59 bits per heavy atom. The second kappa shape index (κ2) is 9.70. The summed E-state index contributed by atoms with van der Waals surface area (Å²) in [5.41, 5.74) is 1.85. The molecule has 7 heteroatoms. The Morgan fingerprint density at radius 3 is 2.34 bits per heavy atom. The van der Waals surface area contributed by atoms with E-state index in [0.29, 0.717) is 28.9 Å². The van der Waals surface area contributed by atoms with E-state index in [1.807, 2.05) is 30.3 Å². The SMILES string of the molecule is CCC(OC(=O)c1cccc2nccnc12)C(=O)Nc1ccc(Oc2ccccc2)cc1. The van der Waals surface area contributed by atoms with E-state index in [2.05, 4.69) is 15.3 Å². The molecule has 1 N–H and O–H groups in total. The molecule has 0 saturated carbocycles. The zero-order chi connectivity index (χ0) is 22.3. The fraction of sp³-hybridized carbons (Fsp3) is 0.120. The number of rotatable bonds is 7. The quantitative estimate of drug-likeness (QED) is 0.418. The Morgan fingerprint density at radius 1 is 0.875 bits per heavy atom. The summed E-state index contributed by atoms with van der Waals surface area (Å²) in [5.74, 6) is 0.332. The van der Waals surface area contributed by atoms with Crippen LogP contribution in [0.25, 0.3) is 11.0 Å². The van der Waals surface area contributed by atoms with Gasteiger partial charge in [0.1, 0.15) is 17.0 Å². The van der Waals surface area contributed by atoms with Crippen LogP contribution in [-0.2, 0) is 9.53 Å². The monoisotopic (exact) mass is 427 g/mol. The van der Waals surface area contributed by atoms with Gasteiger partial charge in [-0.15, -0.1) is 0 Å². The first-order valence-electron chi connectivity index (χ1n) is 10.2. The lowest BCUT2D eigenvalue weighted by Crippen LogP contribution is -2.32. The number of hydrogen-bond donors (Lipinski definition) is 1. The van der Waals surface area contributed by atoms with E-state index in [-0.39, 0.29) is 5.56 Å². The van der Waals surface area contributed by atoms with Gasteiger partial charge in [0.05, 0.1) is 11.1 Å². The number of benzene rings is 3. The minimum atomic E-state index is -0.949. The molecule has 0 fully saturated rings. The number of hydrogen-bond acceptors (Lipinski definition) is 6. The van der Waals surface area contributed by atoms with Crippen LogP contribution in [0.5, 0.6) is 11.5 Å². The molecule has 0 bridgehead atoms. The van der Waals surface area contributed by atoms with E-state index in [1.165, 1.54) is 6.20 Å². The number of esters is 1. The summed E-state index contributed by atoms with van der Waals surface area (Å²) >= 11 is 0. The first-order chi connectivity index (χ1) is 15.6. The molecule has 32 heavy (non-hydrogen) atoms. The second-order valence-electron chi connectivity index (χ2n) is 6.96. The molecule has 0 aliphatic rings. The number of ether oxygens (including phenoxy) is 2. The molecule has 0 radical (unpaired) electrons. The van der Waals surface area contributed by atoms with E-state index in [1.54, 1.807) is 55.6 Å². The van der Waals surface area contributed by atoms with Gasteiger partial charge in [-0.3, -0.25) is 14.8 Å². The third-order valence-electron chi connectivity index (χ3n) is 4.73. The number of para-hydroxylation sites is 2. The van der Waals surface area contributed by atoms with Gasteiger partial charge < -0.3 is 14.8 Å². The number of carbonyl (C=O) groups excluding carboxylic acids is 2. The van der Waals surface area contributed by atoms with E-state index in [0.717, 1.165) is 5.75 Å². The summed E-state index contributed by atoms with van der Waals surface area (Å²) in [5, 5.41) is 2.78. The van der Waals surface area contributed by atoms with Crippen molar-refractivity contribution in [3.05, 3.63) is 90.8 Å². The van der Waals surface area contributed by atoms with Gasteiger partial charge in [0.25, 0.3) is 5.91 Å². The van der Waals surface area contributed by atoms with Crippen LogP contribution in [0, 0.1) is 0 Å². The summed E-state index contributed by atoms with van der Waals surface area (Å²) in [4.78, 5) is 33.8. The number of anilines is 1. The normalized spacial score (nSPS) is 11.5. The lowest BCUT2D eigenvalue weighted by molar-refractivity contribution is -0.124. The summed E-state index contributed by atoms with van der Waals surface area (Å²) in [7, 11) is 0. The zero-order valence-corrected chi connectivity index (χ0v) is 17.4. The minimum absolute atomic E-state index is 0.268. The Balaban J connectivity index is 1.41. The molecule has 1 amide bonds. The number of amides is 1. The molecule has 4 rings (SSSR count). The number of nitrogens with one attached hydrogen (secondary N) is 1. The van der Waals surface area contributed by atoms with Crippen molar-refractivity contribution in [1.82, 2.24) is 9.97 Å². The van der Waals surface area contributed by atoms with Crippen LogP contribution >= 0.6 is 0 Å². The van der Waals surface area contributed by atoms with Gasteiger partial charge in [-0.1, -0.05) is 31.2 Å². The van der Waals surface area contributed by atoms with Gasteiger partial charge in [-0.05, 0) is 55.0 Å². The molecular formula is C25H21N3O4. The average molecular weight is 427 g/mol. The zero-order valence-electron chi connectivity index (χ0n) is 17.4. The van der Waals surface area contributed by atoms with Gasteiger partial charge in [-0.25, -0.2) is 4.79 Å². The van der Waals surface area contributed by atoms with Crippen molar-refractivity contribution in [1.29, 1.82) is 0 Å². The van der Waals surface area contributed by atoms with Gasteiger partial charge >= 0.3 is 5.97 Å².